The predicted molar refractivity (Wildman–Crippen MR) is 91.0 cm³/mol. The number of carbonyl (C=O) groups is 1. The summed E-state index contributed by atoms with van der Waals surface area (Å²) in [7, 11) is 1.95. The van der Waals surface area contributed by atoms with Crippen molar-refractivity contribution in [2.75, 3.05) is 7.05 Å². The fourth-order valence-corrected chi connectivity index (χ4v) is 3.94. The third-order valence-electron chi connectivity index (χ3n) is 4.49. The smallest absolute Gasteiger partial charge is 0.228 e. The van der Waals surface area contributed by atoms with E-state index in [9.17, 15) is 4.79 Å². The Labute approximate surface area is 137 Å². The summed E-state index contributed by atoms with van der Waals surface area (Å²) in [5, 5.41) is 0. The number of rotatable bonds is 5. The highest BCUT2D eigenvalue weighted by Crippen LogP contribution is 2.44. The number of amides is 1. The molecule has 1 fully saturated rings. The first-order valence-electron chi connectivity index (χ1n) is 7.93. The molecule has 0 spiro atoms. The molecule has 0 N–H and O–H groups in total. The number of halogens is 1. The zero-order valence-corrected chi connectivity index (χ0v) is 14.9. The van der Waals surface area contributed by atoms with Gasteiger partial charge in [0.15, 0.2) is 0 Å². The Bertz CT molecular complexity index is 474. The summed E-state index contributed by atoms with van der Waals surface area (Å²) >= 11 is 3.45. The summed E-state index contributed by atoms with van der Waals surface area (Å²) < 4.78 is 1.08. The molecule has 2 rings (SSSR count). The lowest BCUT2D eigenvalue weighted by atomic mass is 9.77. The van der Waals surface area contributed by atoms with E-state index in [4.69, 9.17) is 0 Å². The highest BCUT2D eigenvalue weighted by atomic mass is 79.9. The lowest BCUT2D eigenvalue weighted by molar-refractivity contribution is -0.142. The Hall–Kier alpha value is -0.830. The molecule has 1 aliphatic rings. The summed E-state index contributed by atoms with van der Waals surface area (Å²) in [5.74, 6) is 0.921. The van der Waals surface area contributed by atoms with E-state index in [1.54, 1.807) is 0 Å². The van der Waals surface area contributed by atoms with Crippen molar-refractivity contribution < 1.29 is 4.79 Å². The molecule has 3 heteroatoms. The maximum atomic E-state index is 13.0. The van der Waals surface area contributed by atoms with Crippen LogP contribution in [0.1, 0.15) is 51.5 Å². The molecule has 116 valence electrons. The van der Waals surface area contributed by atoms with Gasteiger partial charge < -0.3 is 4.90 Å². The number of nitrogens with zero attached hydrogens (tertiary/aromatic N) is 1. The first-order chi connectivity index (χ1) is 9.93. The normalized spacial score (nSPS) is 17.2. The van der Waals surface area contributed by atoms with Gasteiger partial charge in [0.2, 0.25) is 5.91 Å². The van der Waals surface area contributed by atoms with Crippen LogP contribution in [0.25, 0.3) is 0 Å². The zero-order chi connectivity index (χ0) is 15.5. The van der Waals surface area contributed by atoms with Crippen LogP contribution in [0.2, 0.25) is 0 Å². The number of hydrogen-bond acceptors (Lipinski definition) is 1. The standard InChI is InChI=1S/C18H26BrNO/c1-14(2)12-18(10-4-5-11-18)17(21)20(3)13-15-6-8-16(19)9-7-15/h6-9,14H,4-5,10-13H2,1-3H3. The zero-order valence-electron chi connectivity index (χ0n) is 13.4. The number of benzene rings is 1. The molecular weight excluding hydrogens is 326 g/mol. The van der Waals surface area contributed by atoms with Gasteiger partial charge in [0.1, 0.15) is 0 Å². The van der Waals surface area contributed by atoms with Gasteiger partial charge in [-0.15, -0.1) is 0 Å². The summed E-state index contributed by atoms with van der Waals surface area (Å²) in [6, 6.07) is 8.23. The first-order valence-corrected chi connectivity index (χ1v) is 8.72. The van der Waals surface area contributed by atoms with Gasteiger partial charge in [-0.3, -0.25) is 4.79 Å². The molecule has 1 aliphatic carbocycles. The predicted octanol–water partition coefficient (Wildman–Crippen LogP) is 5.01. The third kappa shape index (κ3) is 4.09. The highest BCUT2D eigenvalue weighted by molar-refractivity contribution is 9.10. The molecule has 1 saturated carbocycles. The largest absolute Gasteiger partial charge is 0.341 e. The molecule has 0 saturated heterocycles. The van der Waals surface area contributed by atoms with Gasteiger partial charge in [0, 0.05) is 23.5 Å². The van der Waals surface area contributed by atoms with Crippen molar-refractivity contribution in [3.05, 3.63) is 34.3 Å². The van der Waals surface area contributed by atoms with Gasteiger partial charge >= 0.3 is 0 Å². The van der Waals surface area contributed by atoms with E-state index in [0.29, 0.717) is 18.4 Å². The average molecular weight is 352 g/mol. The molecule has 2 nitrogen and oxygen atoms in total. The van der Waals surface area contributed by atoms with Crippen molar-refractivity contribution in [1.29, 1.82) is 0 Å². The summed E-state index contributed by atoms with van der Waals surface area (Å²) in [4.78, 5) is 14.9. The van der Waals surface area contributed by atoms with Crippen LogP contribution >= 0.6 is 15.9 Å². The Kier molecular flexibility index (Phi) is 5.48. The Morgan fingerprint density at radius 2 is 1.81 bits per heavy atom. The Balaban J connectivity index is 2.07. The first kappa shape index (κ1) is 16.5. The molecule has 0 atom stereocenters. The fourth-order valence-electron chi connectivity index (χ4n) is 3.68. The minimum Gasteiger partial charge on any atom is -0.341 e. The molecule has 0 heterocycles. The van der Waals surface area contributed by atoms with Crippen molar-refractivity contribution in [2.45, 2.75) is 52.5 Å². The Morgan fingerprint density at radius 1 is 1.24 bits per heavy atom. The van der Waals surface area contributed by atoms with Gasteiger partial charge in [-0.2, -0.15) is 0 Å². The molecular formula is C18H26BrNO. The number of carbonyl (C=O) groups excluding carboxylic acids is 1. The van der Waals surface area contributed by atoms with Crippen molar-refractivity contribution in [1.82, 2.24) is 4.90 Å². The maximum Gasteiger partial charge on any atom is 0.228 e. The molecule has 1 aromatic carbocycles. The van der Waals surface area contributed by atoms with Gasteiger partial charge in [-0.05, 0) is 42.9 Å². The summed E-state index contributed by atoms with van der Waals surface area (Å²) in [5.41, 5.74) is 1.09. The van der Waals surface area contributed by atoms with E-state index in [-0.39, 0.29) is 5.41 Å². The van der Waals surface area contributed by atoms with Crippen LogP contribution in [0.15, 0.2) is 28.7 Å². The summed E-state index contributed by atoms with van der Waals surface area (Å²) in [6.45, 7) is 5.15. The van der Waals surface area contributed by atoms with Crippen molar-refractivity contribution >= 4 is 21.8 Å². The van der Waals surface area contributed by atoms with Crippen molar-refractivity contribution in [3.8, 4) is 0 Å². The van der Waals surface area contributed by atoms with E-state index >= 15 is 0 Å². The van der Waals surface area contributed by atoms with Crippen LogP contribution in [0.5, 0.6) is 0 Å². The molecule has 1 amide bonds. The van der Waals surface area contributed by atoms with Crippen LogP contribution in [0.4, 0.5) is 0 Å². The molecule has 0 bridgehead atoms. The summed E-state index contributed by atoms with van der Waals surface area (Å²) in [6.07, 6.45) is 5.55. The molecule has 0 aliphatic heterocycles. The van der Waals surface area contributed by atoms with Gasteiger partial charge in [-0.25, -0.2) is 0 Å². The van der Waals surface area contributed by atoms with Crippen molar-refractivity contribution in [3.63, 3.8) is 0 Å². The lowest BCUT2D eigenvalue weighted by Crippen LogP contribution is -2.41. The monoisotopic (exact) mass is 351 g/mol. The van der Waals surface area contributed by atoms with Gasteiger partial charge in [-0.1, -0.05) is 54.8 Å². The third-order valence-corrected chi connectivity index (χ3v) is 5.02. The van der Waals surface area contributed by atoms with Crippen molar-refractivity contribution in [2.24, 2.45) is 11.3 Å². The number of hydrogen-bond donors (Lipinski definition) is 0. The van der Waals surface area contributed by atoms with E-state index in [2.05, 4.69) is 41.9 Å². The SMILES string of the molecule is CC(C)CC1(C(=O)N(C)Cc2ccc(Br)cc2)CCCC1. The second-order valence-electron chi connectivity index (χ2n) is 6.87. The van der Waals surface area contributed by atoms with Crippen LogP contribution in [0, 0.1) is 11.3 Å². The van der Waals surface area contributed by atoms with Crippen LogP contribution in [-0.2, 0) is 11.3 Å². The van der Waals surface area contributed by atoms with Crippen LogP contribution in [0.3, 0.4) is 0 Å². The highest BCUT2D eigenvalue weighted by Gasteiger charge is 2.42. The van der Waals surface area contributed by atoms with Crippen LogP contribution < -0.4 is 0 Å². The Morgan fingerprint density at radius 3 is 2.33 bits per heavy atom. The molecule has 0 aromatic heterocycles. The molecule has 0 unspecified atom stereocenters. The maximum absolute atomic E-state index is 13.0. The van der Waals surface area contributed by atoms with E-state index in [1.807, 2.05) is 24.1 Å². The molecule has 1 aromatic rings. The second kappa shape index (κ2) is 6.95. The van der Waals surface area contributed by atoms with Gasteiger partial charge in [0.05, 0.1) is 0 Å². The second-order valence-corrected chi connectivity index (χ2v) is 7.79. The quantitative estimate of drug-likeness (QED) is 0.729. The lowest BCUT2D eigenvalue weighted by Gasteiger charge is -2.34. The fraction of sp³-hybridized carbons (Fsp3) is 0.611. The average Bonchev–Trinajstić information content (AvgIpc) is 2.89. The van der Waals surface area contributed by atoms with Gasteiger partial charge in [0.25, 0.3) is 0 Å². The van der Waals surface area contributed by atoms with E-state index < -0.39 is 0 Å². The molecule has 0 radical (unpaired) electrons. The van der Waals surface area contributed by atoms with E-state index in [0.717, 1.165) is 23.7 Å². The van der Waals surface area contributed by atoms with E-state index in [1.165, 1.54) is 18.4 Å². The minimum absolute atomic E-state index is 0.0989. The minimum atomic E-state index is -0.0989. The molecule has 21 heavy (non-hydrogen) atoms. The van der Waals surface area contributed by atoms with Crippen LogP contribution in [-0.4, -0.2) is 17.9 Å². The topological polar surface area (TPSA) is 20.3 Å².